The van der Waals surface area contributed by atoms with Crippen molar-refractivity contribution in [2.45, 2.75) is 52.1 Å². The minimum atomic E-state index is -0.179. The highest BCUT2D eigenvalue weighted by atomic mass is 16.5. The first-order chi connectivity index (χ1) is 19.9. The van der Waals surface area contributed by atoms with E-state index in [0.717, 1.165) is 45.8 Å². The molecular formula is C33H38N4O4. The zero-order chi connectivity index (χ0) is 29.1. The van der Waals surface area contributed by atoms with Gasteiger partial charge in [0, 0.05) is 26.0 Å². The Balaban J connectivity index is 1.54. The number of aromatic nitrogens is 2. The van der Waals surface area contributed by atoms with Crippen LogP contribution in [0.1, 0.15) is 43.1 Å². The Morgan fingerprint density at radius 1 is 1.07 bits per heavy atom. The quantitative estimate of drug-likeness (QED) is 0.259. The van der Waals surface area contributed by atoms with Crippen LogP contribution in [0.15, 0.2) is 66.7 Å². The van der Waals surface area contributed by atoms with E-state index in [2.05, 4.69) is 13.0 Å². The molecule has 41 heavy (non-hydrogen) atoms. The lowest BCUT2D eigenvalue weighted by molar-refractivity contribution is -0.120. The highest BCUT2D eigenvalue weighted by Crippen LogP contribution is 2.37. The van der Waals surface area contributed by atoms with Crippen LogP contribution in [0.5, 0.6) is 5.75 Å². The standard InChI is InChI=1S/C33H38N4O4/c1-6-24-13-11-12-22(2)32(24)37(23(3)21-40-4)31(39)20-36-27-15-8-7-14-26(27)34-33(36)25-18-30(38)35(19-25)28-16-9-10-17-29(28)41-5/h7-17,23,25H,6,18-21H2,1-5H3/t23-,25+/m0/s1. The fraction of sp³-hybridized carbons (Fsp3) is 0.364. The lowest BCUT2D eigenvalue weighted by Crippen LogP contribution is -2.44. The monoisotopic (exact) mass is 554 g/mol. The molecule has 1 saturated heterocycles. The van der Waals surface area contributed by atoms with Crippen molar-refractivity contribution >= 4 is 34.2 Å². The van der Waals surface area contributed by atoms with Crippen LogP contribution in [0.2, 0.25) is 0 Å². The zero-order valence-electron chi connectivity index (χ0n) is 24.5. The van der Waals surface area contributed by atoms with Crippen LogP contribution in [0, 0.1) is 6.92 Å². The first-order valence-corrected chi connectivity index (χ1v) is 14.2. The Kier molecular flexibility index (Phi) is 8.40. The van der Waals surface area contributed by atoms with E-state index in [-0.39, 0.29) is 30.3 Å². The molecule has 0 spiro atoms. The molecule has 1 aliphatic rings. The third-order valence-electron chi connectivity index (χ3n) is 7.90. The molecule has 2 atom stereocenters. The molecule has 5 rings (SSSR count). The van der Waals surface area contributed by atoms with Crippen molar-refractivity contribution in [1.82, 2.24) is 9.55 Å². The van der Waals surface area contributed by atoms with Gasteiger partial charge in [-0.25, -0.2) is 4.98 Å². The van der Waals surface area contributed by atoms with Gasteiger partial charge in [0.05, 0.1) is 42.2 Å². The molecule has 2 heterocycles. The number of imidazole rings is 1. The van der Waals surface area contributed by atoms with Gasteiger partial charge in [-0.15, -0.1) is 0 Å². The molecule has 0 bridgehead atoms. The molecular weight excluding hydrogens is 516 g/mol. The average molecular weight is 555 g/mol. The number of amides is 2. The number of para-hydroxylation sites is 5. The maximum atomic E-state index is 14.3. The Bertz CT molecular complexity index is 1560. The highest BCUT2D eigenvalue weighted by Gasteiger charge is 2.37. The van der Waals surface area contributed by atoms with Crippen LogP contribution >= 0.6 is 0 Å². The smallest absolute Gasteiger partial charge is 0.247 e. The van der Waals surface area contributed by atoms with Crippen LogP contribution in [-0.4, -0.2) is 54.8 Å². The lowest BCUT2D eigenvalue weighted by Gasteiger charge is -2.32. The summed E-state index contributed by atoms with van der Waals surface area (Å²) in [6.45, 7) is 7.13. The van der Waals surface area contributed by atoms with Crippen LogP contribution in [0.4, 0.5) is 11.4 Å². The minimum Gasteiger partial charge on any atom is -0.495 e. The minimum absolute atomic E-state index is 0.00674. The van der Waals surface area contributed by atoms with Gasteiger partial charge in [-0.05, 0) is 55.7 Å². The summed E-state index contributed by atoms with van der Waals surface area (Å²) in [4.78, 5) is 36.2. The van der Waals surface area contributed by atoms with Crippen LogP contribution in [-0.2, 0) is 27.3 Å². The van der Waals surface area contributed by atoms with Gasteiger partial charge in [0.2, 0.25) is 11.8 Å². The molecule has 4 aromatic rings. The second-order valence-corrected chi connectivity index (χ2v) is 10.6. The summed E-state index contributed by atoms with van der Waals surface area (Å²) in [7, 11) is 3.26. The summed E-state index contributed by atoms with van der Waals surface area (Å²) >= 11 is 0. The molecule has 1 fully saturated rings. The average Bonchev–Trinajstić information content (AvgIpc) is 3.54. The van der Waals surface area contributed by atoms with Crippen molar-refractivity contribution in [3.05, 3.63) is 83.7 Å². The number of nitrogens with zero attached hydrogens (tertiary/aromatic N) is 4. The molecule has 0 N–H and O–H groups in total. The fourth-order valence-electron chi connectivity index (χ4n) is 6.01. The third-order valence-corrected chi connectivity index (χ3v) is 7.90. The topological polar surface area (TPSA) is 76.9 Å². The molecule has 0 unspecified atom stereocenters. The third kappa shape index (κ3) is 5.44. The predicted molar refractivity (Wildman–Crippen MR) is 162 cm³/mol. The Morgan fingerprint density at radius 2 is 1.83 bits per heavy atom. The highest BCUT2D eigenvalue weighted by molar-refractivity contribution is 5.98. The molecule has 2 amide bonds. The molecule has 0 aliphatic carbocycles. The Morgan fingerprint density at radius 3 is 2.59 bits per heavy atom. The molecule has 8 heteroatoms. The number of carbonyl (C=O) groups is 2. The molecule has 3 aromatic carbocycles. The van der Waals surface area contributed by atoms with Crippen molar-refractivity contribution in [1.29, 1.82) is 0 Å². The van der Waals surface area contributed by atoms with Crippen molar-refractivity contribution < 1.29 is 19.1 Å². The summed E-state index contributed by atoms with van der Waals surface area (Å²) in [6, 6.07) is 21.4. The molecule has 8 nitrogen and oxygen atoms in total. The second kappa shape index (κ2) is 12.1. The van der Waals surface area contributed by atoms with Crippen LogP contribution in [0.25, 0.3) is 11.0 Å². The Hall–Kier alpha value is -4.17. The molecule has 214 valence electrons. The largest absolute Gasteiger partial charge is 0.495 e. The number of ether oxygens (including phenoxy) is 2. The summed E-state index contributed by atoms with van der Waals surface area (Å²) in [6.07, 6.45) is 1.11. The molecule has 0 radical (unpaired) electrons. The van der Waals surface area contributed by atoms with E-state index in [9.17, 15) is 9.59 Å². The van der Waals surface area contributed by atoms with Crippen molar-refractivity contribution in [2.24, 2.45) is 0 Å². The summed E-state index contributed by atoms with van der Waals surface area (Å²) in [5.41, 5.74) is 5.52. The number of fused-ring (bicyclic) bond motifs is 1. The second-order valence-electron chi connectivity index (χ2n) is 10.6. The number of benzene rings is 3. The van der Waals surface area contributed by atoms with Crippen molar-refractivity contribution in [2.75, 3.05) is 37.2 Å². The summed E-state index contributed by atoms with van der Waals surface area (Å²) in [5.74, 6) is 1.17. The maximum absolute atomic E-state index is 14.3. The van der Waals surface area contributed by atoms with E-state index < -0.39 is 0 Å². The van der Waals surface area contributed by atoms with Crippen LogP contribution < -0.4 is 14.5 Å². The summed E-state index contributed by atoms with van der Waals surface area (Å²) in [5, 5.41) is 0. The van der Waals surface area contributed by atoms with E-state index in [1.54, 1.807) is 19.1 Å². The summed E-state index contributed by atoms with van der Waals surface area (Å²) < 4.78 is 13.0. The van der Waals surface area contributed by atoms with Gasteiger partial charge in [-0.3, -0.25) is 9.59 Å². The van der Waals surface area contributed by atoms with E-state index in [1.165, 1.54) is 0 Å². The maximum Gasteiger partial charge on any atom is 0.247 e. The SMILES string of the molecule is CCc1cccc(C)c1N(C(=O)Cn1c([C@@H]2CC(=O)N(c3ccccc3OC)C2)nc2ccccc21)[C@@H](C)COC. The van der Waals surface area contributed by atoms with Gasteiger partial charge in [-0.1, -0.05) is 49.4 Å². The zero-order valence-corrected chi connectivity index (χ0v) is 24.5. The van der Waals surface area contributed by atoms with Gasteiger partial charge in [-0.2, -0.15) is 0 Å². The van der Waals surface area contributed by atoms with Crippen molar-refractivity contribution in [3.8, 4) is 5.75 Å². The van der Waals surface area contributed by atoms with Gasteiger partial charge in [0.1, 0.15) is 18.1 Å². The number of aryl methyl sites for hydroxylation is 2. The number of hydrogen-bond donors (Lipinski definition) is 0. The van der Waals surface area contributed by atoms with Gasteiger partial charge < -0.3 is 23.8 Å². The Labute approximate surface area is 241 Å². The molecule has 0 saturated carbocycles. The van der Waals surface area contributed by atoms with E-state index >= 15 is 0 Å². The van der Waals surface area contributed by atoms with Crippen LogP contribution in [0.3, 0.4) is 0 Å². The number of carbonyl (C=O) groups excluding carboxylic acids is 2. The number of methoxy groups -OCH3 is 2. The fourth-order valence-corrected chi connectivity index (χ4v) is 6.01. The van der Waals surface area contributed by atoms with Gasteiger partial charge >= 0.3 is 0 Å². The normalized spacial score (nSPS) is 15.9. The van der Waals surface area contributed by atoms with Crippen molar-refractivity contribution in [3.63, 3.8) is 0 Å². The molecule has 1 aliphatic heterocycles. The lowest BCUT2D eigenvalue weighted by atomic mass is 10.0. The predicted octanol–water partition coefficient (Wildman–Crippen LogP) is 5.50. The van der Waals surface area contributed by atoms with Gasteiger partial charge in [0.25, 0.3) is 0 Å². The van der Waals surface area contributed by atoms with Gasteiger partial charge in [0.15, 0.2) is 0 Å². The molecule has 1 aromatic heterocycles. The number of hydrogen-bond acceptors (Lipinski definition) is 5. The first kappa shape index (κ1) is 28.4. The first-order valence-electron chi connectivity index (χ1n) is 14.2. The van der Waals surface area contributed by atoms with E-state index in [4.69, 9.17) is 14.5 Å². The number of anilines is 2. The van der Waals surface area contributed by atoms with E-state index in [1.807, 2.05) is 84.0 Å². The number of rotatable bonds is 10. The van der Waals surface area contributed by atoms with E-state index in [0.29, 0.717) is 25.3 Å².